The van der Waals surface area contributed by atoms with Crippen LogP contribution in [0, 0.1) is 10.1 Å². The standard InChI is InChI=1S/C14H13N3O6S/c15-9-7-12-13(23-6-5-22-12)8-10(9)16-24(20,21)14-4-2-1-3-11(14)17(18)19/h1-4,7-8,16H,5-6,15H2. The zero-order valence-electron chi connectivity index (χ0n) is 12.3. The molecule has 2 aromatic rings. The minimum absolute atomic E-state index is 0.0531. The highest BCUT2D eigenvalue weighted by Crippen LogP contribution is 2.38. The molecule has 3 rings (SSSR count). The highest BCUT2D eigenvalue weighted by Gasteiger charge is 2.26. The molecule has 0 amide bonds. The predicted molar refractivity (Wildman–Crippen MR) is 85.7 cm³/mol. The van der Waals surface area contributed by atoms with Crippen LogP contribution in [0.3, 0.4) is 0 Å². The first-order valence-electron chi connectivity index (χ1n) is 6.84. The third kappa shape index (κ3) is 2.91. The van der Waals surface area contributed by atoms with Gasteiger partial charge in [0.05, 0.1) is 16.3 Å². The zero-order chi connectivity index (χ0) is 17.3. The van der Waals surface area contributed by atoms with Crippen molar-refractivity contribution in [1.29, 1.82) is 0 Å². The van der Waals surface area contributed by atoms with E-state index in [1.807, 2.05) is 0 Å². The molecule has 0 bridgehead atoms. The van der Waals surface area contributed by atoms with Crippen molar-refractivity contribution in [2.24, 2.45) is 0 Å². The Morgan fingerprint density at radius 2 is 1.75 bits per heavy atom. The molecule has 0 radical (unpaired) electrons. The minimum atomic E-state index is -4.21. The molecule has 1 aliphatic heterocycles. The summed E-state index contributed by atoms with van der Waals surface area (Å²) in [5.41, 5.74) is 5.47. The molecule has 24 heavy (non-hydrogen) atoms. The predicted octanol–water partition coefficient (Wildman–Crippen LogP) is 1.75. The summed E-state index contributed by atoms with van der Waals surface area (Å²) in [6.45, 7) is 0.695. The van der Waals surface area contributed by atoms with Gasteiger partial charge in [-0.1, -0.05) is 12.1 Å². The minimum Gasteiger partial charge on any atom is -0.486 e. The lowest BCUT2D eigenvalue weighted by atomic mass is 10.2. The maximum absolute atomic E-state index is 12.5. The maximum atomic E-state index is 12.5. The number of nitrogens with one attached hydrogen (secondary N) is 1. The second-order valence-electron chi connectivity index (χ2n) is 4.91. The molecule has 0 saturated carbocycles. The second kappa shape index (κ2) is 5.89. The number of hydrogen-bond acceptors (Lipinski definition) is 7. The van der Waals surface area contributed by atoms with Crippen molar-refractivity contribution in [3.8, 4) is 11.5 Å². The van der Waals surface area contributed by atoms with Crippen LogP contribution in [0.2, 0.25) is 0 Å². The summed E-state index contributed by atoms with van der Waals surface area (Å²) >= 11 is 0. The van der Waals surface area contributed by atoms with Crippen molar-refractivity contribution in [2.45, 2.75) is 4.90 Å². The van der Waals surface area contributed by atoms with Gasteiger partial charge in [0.25, 0.3) is 15.7 Å². The Morgan fingerprint density at radius 3 is 2.42 bits per heavy atom. The highest BCUT2D eigenvalue weighted by atomic mass is 32.2. The van der Waals surface area contributed by atoms with Gasteiger partial charge in [0.2, 0.25) is 0 Å². The molecule has 1 aliphatic rings. The SMILES string of the molecule is Nc1cc2c(cc1NS(=O)(=O)c1ccccc1[N+](=O)[O-])OCCO2. The van der Waals surface area contributed by atoms with E-state index in [0.29, 0.717) is 24.7 Å². The summed E-state index contributed by atoms with van der Waals surface area (Å²) < 4.78 is 38.0. The number of ether oxygens (including phenoxy) is 2. The van der Waals surface area contributed by atoms with E-state index in [2.05, 4.69) is 4.72 Å². The molecule has 0 saturated heterocycles. The largest absolute Gasteiger partial charge is 0.486 e. The Kier molecular flexibility index (Phi) is 3.89. The van der Waals surface area contributed by atoms with Crippen LogP contribution in [-0.4, -0.2) is 26.6 Å². The molecular weight excluding hydrogens is 338 g/mol. The first-order valence-corrected chi connectivity index (χ1v) is 8.32. The van der Waals surface area contributed by atoms with Crippen molar-refractivity contribution in [1.82, 2.24) is 0 Å². The molecule has 0 atom stereocenters. The van der Waals surface area contributed by atoms with Crippen LogP contribution < -0.4 is 19.9 Å². The lowest BCUT2D eigenvalue weighted by Gasteiger charge is -2.20. The first-order chi connectivity index (χ1) is 11.4. The molecule has 0 spiro atoms. The fourth-order valence-corrected chi connectivity index (χ4v) is 3.48. The van der Waals surface area contributed by atoms with E-state index in [0.717, 1.165) is 12.1 Å². The number of hydrogen-bond donors (Lipinski definition) is 2. The summed E-state index contributed by atoms with van der Waals surface area (Å²) in [4.78, 5) is 9.81. The van der Waals surface area contributed by atoms with Crippen molar-refractivity contribution >= 4 is 27.1 Å². The molecule has 0 aliphatic carbocycles. The Balaban J connectivity index is 2.00. The second-order valence-corrected chi connectivity index (χ2v) is 6.56. The lowest BCUT2D eigenvalue weighted by molar-refractivity contribution is -0.387. The van der Waals surface area contributed by atoms with E-state index in [-0.39, 0.29) is 11.4 Å². The van der Waals surface area contributed by atoms with Gasteiger partial charge >= 0.3 is 0 Å². The molecule has 0 unspecified atom stereocenters. The van der Waals surface area contributed by atoms with Crippen LogP contribution in [0.15, 0.2) is 41.3 Å². The number of nitro groups is 1. The average molecular weight is 351 g/mol. The fraction of sp³-hybridized carbons (Fsp3) is 0.143. The molecule has 0 fully saturated rings. The van der Waals surface area contributed by atoms with E-state index in [1.165, 1.54) is 24.3 Å². The Labute approximate surface area is 137 Å². The molecular formula is C14H13N3O6S. The average Bonchev–Trinajstić information content (AvgIpc) is 2.55. The van der Waals surface area contributed by atoms with Gasteiger partial charge in [0, 0.05) is 18.2 Å². The number of nitrogens with two attached hydrogens (primary N) is 1. The number of rotatable bonds is 4. The van der Waals surface area contributed by atoms with Gasteiger partial charge in [-0.15, -0.1) is 0 Å². The van der Waals surface area contributed by atoms with E-state index in [9.17, 15) is 18.5 Å². The smallest absolute Gasteiger partial charge is 0.289 e. The van der Waals surface area contributed by atoms with Gasteiger partial charge in [-0.3, -0.25) is 14.8 Å². The van der Waals surface area contributed by atoms with Crippen LogP contribution in [0.1, 0.15) is 0 Å². The normalized spacial score (nSPS) is 13.3. The molecule has 126 valence electrons. The number of para-hydroxylation sites is 1. The van der Waals surface area contributed by atoms with E-state index >= 15 is 0 Å². The quantitative estimate of drug-likeness (QED) is 0.487. The van der Waals surface area contributed by atoms with Gasteiger partial charge in [-0.05, 0) is 6.07 Å². The molecule has 9 nitrogen and oxygen atoms in total. The number of nitrogen functional groups attached to an aromatic ring is 1. The number of fused-ring (bicyclic) bond motifs is 1. The molecule has 10 heteroatoms. The summed E-state index contributed by atoms with van der Waals surface area (Å²) in [5, 5.41) is 11.0. The summed E-state index contributed by atoms with van der Waals surface area (Å²) in [7, 11) is -4.21. The van der Waals surface area contributed by atoms with Crippen molar-refractivity contribution < 1.29 is 22.8 Å². The van der Waals surface area contributed by atoms with Gasteiger partial charge in [-0.25, -0.2) is 8.42 Å². The van der Waals surface area contributed by atoms with E-state index in [1.54, 1.807) is 0 Å². The van der Waals surface area contributed by atoms with Gasteiger partial charge in [-0.2, -0.15) is 0 Å². The number of benzene rings is 2. The molecule has 0 aromatic heterocycles. The lowest BCUT2D eigenvalue weighted by Crippen LogP contribution is -2.18. The maximum Gasteiger partial charge on any atom is 0.289 e. The van der Waals surface area contributed by atoms with Crippen LogP contribution in [0.25, 0.3) is 0 Å². The van der Waals surface area contributed by atoms with E-state index < -0.39 is 25.5 Å². The third-order valence-corrected chi connectivity index (χ3v) is 4.72. The summed E-state index contributed by atoms with van der Waals surface area (Å²) in [6, 6.07) is 7.86. The molecule has 2 aromatic carbocycles. The topological polar surface area (TPSA) is 134 Å². The van der Waals surface area contributed by atoms with Crippen molar-refractivity contribution in [3.63, 3.8) is 0 Å². The van der Waals surface area contributed by atoms with Crippen molar-refractivity contribution in [2.75, 3.05) is 23.7 Å². The number of anilines is 2. The Morgan fingerprint density at radius 1 is 1.12 bits per heavy atom. The summed E-state index contributed by atoms with van der Waals surface area (Å²) in [6.07, 6.45) is 0. The van der Waals surface area contributed by atoms with Gasteiger partial charge in [0.1, 0.15) is 13.2 Å². The zero-order valence-corrected chi connectivity index (χ0v) is 13.1. The van der Waals surface area contributed by atoms with Crippen molar-refractivity contribution in [3.05, 3.63) is 46.5 Å². The van der Waals surface area contributed by atoms with Gasteiger partial charge < -0.3 is 15.2 Å². The highest BCUT2D eigenvalue weighted by molar-refractivity contribution is 7.92. The fourth-order valence-electron chi connectivity index (χ4n) is 2.23. The molecule has 1 heterocycles. The number of nitro benzene ring substituents is 1. The Hall–Kier alpha value is -3.01. The van der Waals surface area contributed by atoms with Crippen LogP contribution >= 0.6 is 0 Å². The number of nitrogens with zero attached hydrogens (tertiary/aromatic N) is 1. The van der Waals surface area contributed by atoms with E-state index in [4.69, 9.17) is 15.2 Å². The first kappa shape index (κ1) is 15.9. The third-order valence-electron chi connectivity index (χ3n) is 3.31. The van der Waals surface area contributed by atoms with Crippen LogP contribution in [-0.2, 0) is 10.0 Å². The Bertz CT molecular complexity index is 913. The monoisotopic (exact) mass is 351 g/mol. The van der Waals surface area contributed by atoms with Crippen LogP contribution in [0.5, 0.6) is 11.5 Å². The van der Waals surface area contributed by atoms with Crippen LogP contribution in [0.4, 0.5) is 17.1 Å². The van der Waals surface area contributed by atoms with Gasteiger partial charge in [0.15, 0.2) is 16.4 Å². The number of sulfonamides is 1. The summed E-state index contributed by atoms with van der Waals surface area (Å²) in [5.74, 6) is 0.753. The molecule has 3 N–H and O–H groups in total.